The Morgan fingerprint density at radius 2 is 2.07 bits per heavy atom. The molecule has 1 aliphatic carbocycles. The van der Waals surface area contributed by atoms with Crippen LogP contribution in [-0.2, 0) is 21.4 Å². The standard InChI is InChI=1S/C22H20FN3O2/c1-12-13(14-5-4-7-17(23)19(14)25-12)9-10-24-20(27)16-11-22(16)15-6-2-3-8-18(15)26-21(22)28/h2-8,16,25H,9-11H2,1H3,(H,24,27)(H,26,28). The lowest BCUT2D eigenvalue weighted by Crippen LogP contribution is -2.32. The molecule has 28 heavy (non-hydrogen) atoms. The zero-order valence-electron chi connectivity index (χ0n) is 15.4. The van der Waals surface area contributed by atoms with E-state index in [1.165, 1.54) is 6.07 Å². The first kappa shape index (κ1) is 17.0. The molecule has 1 aromatic heterocycles. The lowest BCUT2D eigenvalue weighted by Gasteiger charge is -2.09. The predicted molar refractivity (Wildman–Crippen MR) is 105 cm³/mol. The van der Waals surface area contributed by atoms with E-state index >= 15 is 0 Å². The summed E-state index contributed by atoms with van der Waals surface area (Å²) in [6, 6.07) is 12.6. The third kappa shape index (κ3) is 2.30. The zero-order chi connectivity index (χ0) is 19.5. The molecule has 2 heterocycles. The van der Waals surface area contributed by atoms with Crippen molar-refractivity contribution in [1.29, 1.82) is 0 Å². The third-order valence-corrected chi connectivity index (χ3v) is 6.12. The van der Waals surface area contributed by atoms with Gasteiger partial charge < -0.3 is 15.6 Å². The van der Waals surface area contributed by atoms with Crippen molar-refractivity contribution in [2.45, 2.75) is 25.2 Å². The average Bonchev–Trinajstić information content (AvgIpc) is 3.27. The van der Waals surface area contributed by atoms with Crippen LogP contribution in [-0.4, -0.2) is 23.3 Å². The summed E-state index contributed by atoms with van der Waals surface area (Å²) in [6.07, 6.45) is 1.14. The van der Waals surface area contributed by atoms with E-state index in [0.717, 1.165) is 27.9 Å². The van der Waals surface area contributed by atoms with Gasteiger partial charge in [0.05, 0.1) is 16.8 Å². The molecule has 0 radical (unpaired) electrons. The summed E-state index contributed by atoms with van der Waals surface area (Å²) in [5.41, 5.74) is 3.43. The molecule has 0 saturated heterocycles. The number of nitrogens with one attached hydrogen (secondary N) is 3. The smallest absolute Gasteiger partial charge is 0.235 e. The summed E-state index contributed by atoms with van der Waals surface area (Å²) in [7, 11) is 0. The normalized spacial score (nSPS) is 22.4. The molecule has 5 rings (SSSR count). The van der Waals surface area contributed by atoms with Crippen LogP contribution in [0.4, 0.5) is 10.1 Å². The molecule has 2 aromatic carbocycles. The van der Waals surface area contributed by atoms with Crippen molar-refractivity contribution in [1.82, 2.24) is 10.3 Å². The Labute approximate surface area is 161 Å². The molecule has 1 fully saturated rings. The molecule has 2 atom stereocenters. The molecule has 1 saturated carbocycles. The van der Waals surface area contributed by atoms with Gasteiger partial charge in [-0.2, -0.15) is 0 Å². The van der Waals surface area contributed by atoms with E-state index in [-0.39, 0.29) is 23.5 Å². The van der Waals surface area contributed by atoms with Gasteiger partial charge in [0.2, 0.25) is 11.8 Å². The van der Waals surface area contributed by atoms with Crippen LogP contribution in [0.1, 0.15) is 23.2 Å². The Morgan fingerprint density at radius 1 is 1.25 bits per heavy atom. The minimum atomic E-state index is -0.708. The minimum absolute atomic E-state index is 0.0863. The number of amides is 2. The number of aromatic amines is 1. The first-order valence-electron chi connectivity index (χ1n) is 9.46. The van der Waals surface area contributed by atoms with Crippen LogP contribution in [0.25, 0.3) is 10.9 Å². The number of carbonyl (C=O) groups excluding carboxylic acids is 2. The number of fused-ring (bicyclic) bond motifs is 3. The molecule has 142 valence electrons. The van der Waals surface area contributed by atoms with Crippen LogP contribution in [0, 0.1) is 18.7 Å². The van der Waals surface area contributed by atoms with Gasteiger partial charge in [0.1, 0.15) is 5.82 Å². The highest BCUT2D eigenvalue weighted by atomic mass is 19.1. The number of carbonyl (C=O) groups is 2. The highest BCUT2D eigenvalue weighted by Gasteiger charge is 2.67. The Kier molecular flexibility index (Phi) is 3.59. The van der Waals surface area contributed by atoms with E-state index in [1.807, 2.05) is 37.3 Å². The van der Waals surface area contributed by atoms with Crippen molar-refractivity contribution in [3.8, 4) is 0 Å². The Hall–Kier alpha value is -3.15. The predicted octanol–water partition coefficient (Wildman–Crippen LogP) is 3.18. The number of hydrogen-bond donors (Lipinski definition) is 3. The highest BCUT2D eigenvalue weighted by Crippen LogP contribution is 2.59. The summed E-state index contributed by atoms with van der Waals surface area (Å²) < 4.78 is 13.9. The second-order valence-electron chi connectivity index (χ2n) is 7.66. The van der Waals surface area contributed by atoms with Gasteiger partial charge in [-0.15, -0.1) is 0 Å². The van der Waals surface area contributed by atoms with E-state index in [9.17, 15) is 14.0 Å². The fourth-order valence-electron chi connectivity index (χ4n) is 4.59. The highest BCUT2D eigenvalue weighted by molar-refractivity contribution is 6.12. The van der Waals surface area contributed by atoms with Crippen LogP contribution in [0.15, 0.2) is 42.5 Å². The molecule has 2 aliphatic rings. The van der Waals surface area contributed by atoms with Gasteiger partial charge in [-0.25, -0.2) is 4.39 Å². The Morgan fingerprint density at radius 3 is 2.93 bits per heavy atom. The lowest BCUT2D eigenvalue weighted by atomic mass is 9.94. The number of H-pyrrole nitrogens is 1. The fourth-order valence-corrected chi connectivity index (χ4v) is 4.59. The summed E-state index contributed by atoms with van der Waals surface area (Å²) in [6.45, 7) is 2.35. The van der Waals surface area contributed by atoms with Gasteiger partial charge >= 0.3 is 0 Å². The third-order valence-electron chi connectivity index (χ3n) is 6.12. The molecular weight excluding hydrogens is 357 g/mol. The summed E-state index contributed by atoms with van der Waals surface area (Å²) in [4.78, 5) is 28.3. The second-order valence-corrected chi connectivity index (χ2v) is 7.66. The topological polar surface area (TPSA) is 74.0 Å². The largest absolute Gasteiger partial charge is 0.356 e. The second kappa shape index (κ2) is 5.92. The van der Waals surface area contributed by atoms with Crippen molar-refractivity contribution < 1.29 is 14.0 Å². The van der Waals surface area contributed by atoms with Crippen molar-refractivity contribution in [3.63, 3.8) is 0 Å². The summed E-state index contributed by atoms with van der Waals surface area (Å²) >= 11 is 0. The van der Waals surface area contributed by atoms with Crippen LogP contribution >= 0.6 is 0 Å². The van der Waals surface area contributed by atoms with Crippen LogP contribution in [0.2, 0.25) is 0 Å². The number of para-hydroxylation sites is 2. The molecular formula is C22H20FN3O2. The number of halogens is 1. The van der Waals surface area contributed by atoms with Crippen LogP contribution < -0.4 is 10.6 Å². The summed E-state index contributed by atoms with van der Waals surface area (Å²) in [5, 5.41) is 6.70. The number of anilines is 1. The minimum Gasteiger partial charge on any atom is -0.356 e. The van der Waals surface area contributed by atoms with Gasteiger partial charge in [0, 0.05) is 23.3 Å². The quantitative estimate of drug-likeness (QED) is 0.653. The number of rotatable bonds is 4. The Balaban J connectivity index is 1.28. The van der Waals surface area contributed by atoms with Gasteiger partial charge in [0.15, 0.2) is 0 Å². The van der Waals surface area contributed by atoms with E-state index in [4.69, 9.17) is 0 Å². The fraction of sp³-hybridized carbons (Fsp3) is 0.273. The lowest BCUT2D eigenvalue weighted by molar-refractivity contribution is -0.125. The van der Waals surface area contributed by atoms with Gasteiger partial charge in [-0.3, -0.25) is 9.59 Å². The van der Waals surface area contributed by atoms with E-state index in [1.54, 1.807) is 6.07 Å². The van der Waals surface area contributed by atoms with E-state index in [2.05, 4.69) is 15.6 Å². The van der Waals surface area contributed by atoms with Crippen molar-refractivity contribution in [2.75, 3.05) is 11.9 Å². The number of aryl methyl sites for hydroxylation is 1. The van der Waals surface area contributed by atoms with Crippen molar-refractivity contribution in [2.24, 2.45) is 5.92 Å². The maximum Gasteiger partial charge on any atom is 0.235 e. The summed E-state index contributed by atoms with van der Waals surface area (Å²) in [5.74, 6) is -0.799. The monoisotopic (exact) mass is 377 g/mol. The first-order valence-corrected chi connectivity index (χ1v) is 9.46. The number of benzene rings is 2. The maximum atomic E-state index is 13.9. The van der Waals surface area contributed by atoms with Gasteiger partial charge in [0.25, 0.3) is 0 Å². The zero-order valence-corrected chi connectivity index (χ0v) is 15.4. The average molecular weight is 377 g/mol. The van der Waals surface area contributed by atoms with Crippen LogP contribution in [0.5, 0.6) is 0 Å². The van der Waals surface area contributed by atoms with Crippen LogP contribution in [0.3, 0.4) is 0 Å². The first-order chi connectivity index (χ1) is 13.5. The molecule has 2 amide bonds. The molecule has 3 aromatic rings. The number of aromatic nitrogens is 1. The van der Waals surface area contributed by atoms with E-state index in [0.29, 0.717) is 24.9 Å². The molecule has 2 unspecified atom stereocenters. The molecule has 1 aliphatic heterocycles. The van der Waals surface area contributed by atoms with Crippen molar-refractivity contribution in [3.05, 3.63) is 65.1 Å². The van der Waals surface area contributed by atoms with Gasteiger partial charge in [-0.05, 0) is 43.0 Å². The van der Waals surface area contributed by atoms with Crippen molar-refractivity contribution >= 4 is 28.4 Å². The Bertz CT molecular complexity index is 1140. The molecule has 1 spiro atoms. The maximum absolute atomic E-state index is 13.9. The number of hydrogen-bond acceptors (Lipinski definition) is 2. The van der Waals surface area contributed by atoms with E-state index < -0.39 is 5.41 Å². The molecule has 5 nitrogen and oxygen atoms in total. The molecule has 3 N–H and O–H groups in total. The van der Waals surface area contributed by atoms with Gasteiger partial charge in [-0.1, -0.05) is 30.3 Å². The SMILES string of the molecule is Cc1[nH]c2c(F)cccc2c1CCNC(=O)C1CC12C(=O)Nc1ccccc12. The molecule has 0 bridgehead atoms. The molecule has 6 heteroatoms.